The first-order valence-corrected chi connectivity index (χ1v) is 6.11. The average Bonchev–Trinajstić information content (AvgIpc) is 2.74. The van der Waals surface area contributed by atoms with Crippen molar-refractivity contribution in [3.8, 4) is 0 Å². The molecule has 18 heavy (non-hydrogen) atoms. The van der Waals surface area contributed by atoms with Gasteiger partial charge in [0.1, 0.15) is 16.2 Å². The molecule has 0 spiro atoms. The van der Waals surface area contributed by atoms with Crippen molar-refractivity contribution in [2.45, 2.75) is 5.88 Å². The highest BCUT2D eigenvalue weighted by atomic mass is 35.5. The minimum absolute atomic E-state index is 0.0429. The predicted octanol–water partition coefficient (Wildman–Crippen LogP) is 3.31. The van der Waals surface area contributed by atoms with E-state index in [9.17, 15) is 9.18 Å². The number of alkyl halides is 1. The third-order valence-electron chi connectivity index (χ3n) is 2.89. The molecule has 3 nitrogen and oxygen atoms in total. The number of halogens is 3. The second kappa shape index (κ2) is 4.00. The van der Waals surface area contributed by atoms with Gasteiger partial charge in [-0.25, -0.2) is 4.39 Å². The van der Waals surface area contributed by atoms with Crippen LogP contribution in [0.2, 0.25) is 5.15 Å². The fourth-order valence-electron chi connectivity index (χ4n) is 2.03. The second-order valence-electron chi connectivity index (χ2n) is 3.90. The molecule has 1 N–H and O–H groups in total. The molecule has 3 rings (SSSR count). The predicted molar refractivity (Wildman–Crippen MR) is 70.0 cm³/mol. The van der Waals surface area contributed by atoms with Crippen LogP contribution in [-0.2, 0) is 5.88 Å². The molecule has 0 fully saturated rings. The summed E-state index contributed by atoms with van der Waals surface area (Å²) in [7, 11) is 0. The van der Waals surface area contributed by atoms with Crippen LogP contribution in [0.1, 0.15) is 5.56 Å². The number of hydrogen-bond acceptors (Lipinski definition) is 1. The first kappa shape index (κ1) is 11.6. The molecule has 0 bridgehead atoms. The van der Waals surface area contributed by atoms with Crippen molar-refractivity contribution in [3.63, 3.8) is 0 Å². The first-order chi connectivity index (χ1) is 8.63. The first-order valence-electron chi connectivity index (χ1n) is 5.20. The summed E-state index contributed by atoms with van der Waals surface area (Å²) in [5.74, 6) is -0.479. The number of fused-ring (bicyclic) bond motifs is 3. The molecule has 0 saturated heterocycles. The Morgan fingerprint density at radius 2 is 1.94 bits per heavy atom. The van der Waals surface area contributed by atoms with Crippen LogP contribution in [0.15, 0.2) is 29.1 Å². The van der Waals surface area contributed by atoms with Crippen LogP contribution in [0.25, 0.3) is 16.6 Å². The number of rotatable bonds is 1. The number of H-pyrrole nitrogens is 1. The normalized spacial score (nSPS) is 11.5. The molecule has 0 radical (unpaired) electrons. The third kappa shape index (κ3) is 1.46. The van der Waals surface area contributed by atoms with Gasteiger partial charge in [-0.1, -0.05) is 17.7 Å². The number of nitrogens with zero attached hydrogens (tertiary/aromatic N) is 1. The summed E-state index contributed by atoms with van der Waals surface area (Å²) in [6.45, 7) is 0. The van der Waals surface area contributed by atoms with Crippen LogP contribution >= 0.6 is 23.2 Å². The van der Waals surface area contributed by atoms with Crippen LogP contribution in [0.3, 0.4) is 0 Å². The summed E-state index contributed by atoms with van der Waals surface area (Å²) >= 11 is 11.6. The van der Waals surface area contributed by atoms with E-state index in [1.54, 1.807) is 24.3 Å². The van der Waals surface area contributed by atoms with Crippen molar-refractivity contribution in [1.82, 2.24) is 9.38 Å². The highest BCUT2D eigenvalue weighted by Crippen LogP contribution is 2.23. The van der Waals surface area contributed by atoms with Crippen LogP contribution in [0.4, 0.5) is 4.39 Å². The Balaban J connectivity index is 2.61. The third-order valence-corrected chi connectivity index (χ3v) is 3.47. The molecular formula is C12H7Cl2FN2O. The van der Waals surface area contributed by atoms with Crippen LogP contribution in [0.5, 0.6) is 0 Å². The molecule has 0 amide bonds. The Hall–Kier alpha value is -1.52. The van der Waals surface area contributed by atoms with E-state index < -0.39 is 5.82 Å². The summed E-state index contributed by atoms with van der Waals surface area (Å²) in [5.41, 5.74) is 0.947. The smallest absolute Gasteiger partial charge is 0.272 e. The van der Waals surface area contributed by atoms with Gasteiger partial charge in [0.15, 0.2) is 5.82 Å². The Morgan fingerprint density at radius 1 is 1.22 bits per heavy atom. The van der Waals surface area contributed by atoms with Crippen molar-refractivity contribution in [1.29, 1.82) is 0 Å². The lowest BCUT2D eigenvalue weighted by Gasteiger charge is -2.07. The zero-order chi connectivity index (χ0) is 12.9. The summed E-state index contributed by atoms with van der Waals surface area (Å²) in [4.78, 5) is 14.3. The van der Waals surface area contributed by atoms with Crippen molar-refractivity contribution in [2.24, 2.45) is 0 Å². The molecular weight excluding hydrogens is 278 g/mol. The maximum Gasteiger partial charge on any atom is 0.272 e. The molecule has 6 heteroatoms. The molecule has 0 aliphatic heterocycles. The summed E-state index contributed by atoms with van der Waals surface area (Å²) < 4.78 is 15.6. The van der Waals surface area contributed by atoms with Gasteiger partial charge in [-0.3, -0.25) is 9.20 Å². The number of benzene rings is 1. The van der Waals surface area contributed by atoms with E-state index in [0.717, 1.165) is 0 Å². The molecule has 2 heterocycles. The van der Waals surface area contributed by atoms with Crippen molar-refractivity contribution in [3.05, 3.63) is 51.2 Å². The fourth-order valence-corrected chi connectivity index (χ4v) is 2.48. The molecule has 92 valence electrons. The van der Waals surface area contributed by atoms with Gasteiger partial charge in [0.05, 0.1) is 11.4 Å². The monoisotopic (exact) mass is 284 g/mol. The zero-order valence-electron chi connectivity index (χ0n) is 9.01. The van der Waals surface area contributed by atoms with E-state index in [1.807, 2.05) is 0 Å². The summed E-state index contributed by atoms with van der Waals surface area (Å²) in [6.07, 6.45) is 0. The lowest BCUT2D eigenvalue weighted by atomic mass is 10.2. The van der Waals surface area contributed by atoms with Crippen molar-refractivity contribution in [2.75, 3.05) is 0 Å². The van der Waals surface area contributed by atoms with Crippen LogP contribution in [-0.4, -0.2) is 9.38 Å². The van der Waals surface area contributed by atoms with Gasteiger partial charge in [-0.15, -0.1) is 11.6 Å². The lowest BCUT2D eigenvalue weighted by Crippen LogP contribution is -2.11. The minimum Gasteiger partial charge on any atom is -0.316 e. The zero-order valence-corrected chi connectivity index (χ0v) is 10.5. The molecule has 1 aromatic carbocycles. The minimum atomic E-state index is -0.522. The Labute approximate surface area is 111 Å². The largest absolute Gasteiger partial charge is 0.316 e. The van der Waals surface area contributed by atoms with E-state index in [1.165, 1.54) is 4.40 Å². The Morgan fingerprint density at radius 3 is 2.67 bits per heavy atom. The van der Waals surface area contributed by atoms with Crippen molar-refractivity contribution >= 4 is 39.8 Å². The van der Waals surface area contributed by atoms with Gasteiger partial charge in [0.25, 0.3) is 5.56 Å². The SMILES string of the molecule is O=c1[nH]c2c(F)c(CCl)ccc2n2c(Cl)ccc12. The molecule has 3 aromatic rings. The van der Waals surface area contributed by atoms with Gasteiger partial charge in [0.2, 0.25) is 0 Å². The fraction of sp³-hybridized carbons (Fsp3) is 0.0833. The summed E-state index contributed by atoms with van der Waals surface area (Å²) in [5, 5.41) is 0.360. The Bertz CT molecular complexity index is 822. The standard InChI is InChI=1S/C12H7Cl2FN2O/c13-5-6-1-2-7-11(10(6)15)16-12(18)8-3-4-9(14)17(7)8/h1-4H,5H2,(H,16,18). The number of hydrogen-bond donors (Lipinski definition) is 1. The Kier molecular flexibility index (Phi) is 2.57. The topological polar surface area (TPSA) is 37.3 Å². The maximum absolute atomic E-state index is 14.1. The molecule has 0 saturated carbocycles. The molecule has 0 aliphatic carbocycles. The molecule has 0 atom stereocenters. The number of aromatic nitrogens is 2. The van der Waals surface area contributed by atoms with E-state index in [-0.39, 0.29) is 17.0 Å². The average molecular weight is 285 g/mol. The van der Waals surface area contributed by atoms with E-state index in [4.69, 9.17) is 23.2 Å². The van der Waals surface area contributed by atoms with E-state index in [0.29, 0.717) is 21.7 Å². The molecule has 0 aliphatic rings. The highest BCUT2D eigenvalue weighted by molar-refractivity contribution is 6.30. The maximum atomic E-state index is 14.1. The van der Waals surface area contributed by atoms with Crippen molar-refractivity contribution < 1.29 is 4.39 Å². The summed E-state index contributed by atoms with van der Waals surface area (Å²) in [6, 6.07) is 6.45. The van der Waals surface area contributed by atoms with Gasteiger partial charge >= 0.3 is 0 Å². The van der Waals surface area contributed by atoms with Gasteiger partial charge in [0, 0.05) is 5.56 Å². The number of nitrogens with one attached hydrogen (secondary N) is 1. The molecule has 2 aromatic heterocycles. The van der Waals surface area contributed by atoms with Crippen LogP contribution < -0.4 is 5.56 Å². The van der Waals surface area contributed by atoms with Crippen LogP contribution in [0, 0.1) is 5.82 Å². The quantitative estimate of drug-likeness (QED) is 0.684. The second-order valence-corrected chi connectivity index (χ2v) is 4.55. The van der Waals surface area contributed by atoms with E-state index in [2.05, 4.69) is 4.98 Å². The van der Waals surface area contributed by atoms with Gasteiger partial charge in [-0.2, -0.15) is 0 Å². The molecule has 0 unspecified atom stereocenters. The lowest BCUT2D eigenvalue weighted by molar-refractivity contribution is 0.625. The van der Waals surface area contributed by atoms with E-state index >= 15 is 0 Å². The number of aromatic amines is 1. The van der Waals surface area contributed by atoms with Gasteiger partial charge < -0.3 is 4.98 Å². The van der Waals surface area contributed by atoms with Gasteiger partial charge in [-0.05, 0) is 18.2 Å². The highest BCUT2D eigenvalue weighted by Gasteiger charge is 2.13.